The largest absolute Gasteiger partial charge is 0.393 e. The molecular weight excluding hydrogens is 336 g/mol. The number of aliphatic hydroxyl groups is 1. The van der Waals surface area contributed by atoms with Crippen LogP contribution >= 0.6 is 0 Å². The van der Waals surface area contributed by atoms with E-state index in [2.05, 4.69) is 46.3 Å². The first kappa shape index (κ1) is 18.5. The fourth-order valence-corrected chi connectivity index (χ4v) is 4.77. The Bertz CT molecular complexity index is 878. The summed E-state index contributed by atoms with van der Waals surface area (Å²) in [5.74, 6) is 0.607. The van der Waals surface area contributed by atoms with E-state index < -0.39 is 0 Å². The predicted octanol–water partition coefficient (Wildman–Crippen LogP) is 3.94. The summed E-state index contributed by atoms with van der Waals surface area (Å²) in [6, 6.07) is 8.96. The Hall–Kier alpha value is -1.91. The summed E-state index contributed by atoms with van der Waals surface area (Å²) in [6.07, 6.45) is 10.4. The number of rotatable bonds is 4. The van der Waals surface area contributed by atoms with Gasteiger partial charge in [-0.05, 0) is 73.6 Å². The Balaban J connectivity index is 1.73. The van der Waals surface area contributed by atoms with Gasteiger partial charge in [-0.1, -0.05) is 25.1 Å². The summed E-state index contributed by atoms with van der Waals surface area (Å²) < 4.78 is 0. The number of aryl methyl sites for hydroxylation is 1. The Morgan fingerprint density at radius 2 is 2.00 bits per heavy atom. The van der Waals surface area contributed by atoms with Crippen molar-refractivity contribution in [2.45, 2.75) is 57.6 Å². The molecule has 2 atom stereocenters. The highest BCUT2D eigenvalue weighted by atomic mass is 16.3. The molecule has 2 heterocycles. The molecule has 1 aliphatic heterocycles. The number of fused-ring (bicyclic) bond motifs is 1. The molecule has 4 nitrogen and oxygen atoms in total. The molecule has 27 heavy (non-hydrogen) atoms. The number of likely N-dealkylation sites (tertiary alicyclic amines) is 1. The molecule has 4 rings (SSSR count). The van der Waals surface area contributed by atoms with Crippen molar-refractivity contribution in [2.75, 3.05) is 13.1 Å². The van der Waals surface area contributed by atoms with Gasteiger partial charge in [0.2, 0.25) is 0 Å². The number of piperidine rings is 1. The molecule has 2 aromatic rings. The predicted molar refractivity (Wildman–Crippen MR) is 110 cm³/mol. The molecule has 2 N–H and O–H groups in total. The van der Waals surface area contributed by atoms with Crippen LogP contribution in [0.3, 0.4) is 0 Å². The van der Waals surface area contributed by atoms with Crippen LogP contribution in [0.15, 0.2) is 41.2 Å². The number of pyridine rings is 1. The van der Waals surface area contributed by atoms with Gasteiger partial charge in [0.25, 0.3) is 5.56 Å². The third-order valence-corrected chi connectivity index (χ3v) is 6.32. The van der Waals surface area contributed by atoms with Crippen molar-refractivity contribution in [1.82, 2.24) is 9.88 Å². The molecule has 1 aromatic carbocycles. The second kappa shape index (κ2) is 7.99. The van der Waals surface area contributed by atoms with Crippen LogP contribution in [0.2, 0.25) is 0 Å². The molecule has 0 amide bonds. The van der Waals surface area contributed by atoms with Crippen LogP contribution in [-0.2, 0) is 6.42 Å². The molecule has 0 spiro atoms. The normalized spacial score (nSPS) is 23.0. The maximum absolute atomic E-state index is 12.1. The number of benzene rings is 1. The minimum absolute atomic E-state index is 0.0248. The van der Waals surface area contributed by atoms with Crippen molar-refractivity contribution in [3.63, 3.8) is 0 Å². The lowest BCUT2D eigenvalue weighted by Gasteiger charge is -2.41. The standard InChI is InChI=1S/C23H30N2O2/c1-2-16-14-19-15-18(8-9-21(19)24-23(16)27)22(17-6-4-3-5-7-17)25-12-10-20(26)11-13-25/h3-4,8-9,14-15,17,20,22,26H,2,5-7,10-13H2,1H3,(H,24,27). The molecule has 2 aliphatic rings. The van der Waals surface area contributed by atoms with Crippen molar-refractivity contribution in [3.8, 4) is 0 Å². The molecule has 1 saturated heterocycles. The number of nitrogens with zero attached hydrogens (tertiary/aromatic N) is 1. The molecule has 2 unspecified atom stereocenters. The highest BCUT2D eigenvalue weighted by molar-refractivity contribution is 5.79. The molecule has 4 heteroatoms. The van der Waals surface area contributed by atoms with Gasteiger partial charge >= 0.3 is 0 Å². The van der Waals surface area contributed by atoms with Crippen LogP contribution in [0.1, 0.15) is 56.2 Å². The SMILES string of the molecule is CCc1cc2cc(C(C3CC=CCC3)N3CCC(O)CC3)ccc2[nH]c1=O. The minimum atomic E-state index is -0.151. The number of aromatic amines is 1. The number of hydrogen-bond acceptors (Lipinski definition) is 3. The van der Waals surface area contributed by atoms with Gasteiger partial charge < -0.3 is 10.1 Å². The first-order chi connectivity index (χ1) is 13.2. The van der Waals surface area contributed by atoms with Gasteiger partial charge in [0.05, 0.1) is 6.10 Å². The zero-order valence-corrected chi connectivity index (χ0v) is 16.2. The topological polar surface area (TPSA) is 56.3 Å². The van der Waals surface area contributed by atoms with Gasteiger partial charge in [0, 0.05) is 30.2 Å². The number of aromatic nitrogens is 1. The van der Waals surface area contributed by atoms with Gasteiger partial charge in [0.15, 0.2) is 0 Å². The van der Waals surface area contributed by atoms with Crippen LogP contribution in [0, 0.1) is 5.92 Å². The molecule has 0 radical (unpaired) electrons. The number of allylic oxidation sites excluding steroid dienone is 2. The van der Waals surface area contributed by atoms with Crippen LogP contribution in [-0.4, -0.2) is 34.2 Å². The van der Waals surface area contributed by atoms with Crippen molar-refractivity contribution >= 4 is 10.9 Å². The molecule has 144 valence electrons. The lowest BCUT2D eigenvalue weighted by molar-refractivity contribution is 0.0411. The third-order valence-electron chi connectivity index (χ3n) is 6.32. The van der Waals surface area contributed by atoms with Gasteiger partial charge in [-0.3, -0.25) is 9.69 Å². The Kier molecular flexibility index (Phi) is 5.46. The Morgan fingerprint density at radius 1 is 1.19 bits per heavy atom. The van der Waals surface area contributed by atoms with Crippen LogP contribution in [0.25, 0.3) is 10.9 Å². The average Bonchev–Trinajstić information content (AvgIpc) is 2.70. The zero-order valence-electron chi connectivity index (χ0n) is 16.2. The lowest BCUT2D eigenvalue weighted by Crippen LogP contribution is -2.41. The van der Waals surface area contributed by atoms with Gasteiger partial charge in [-0.25, -0.2) is 0 Å². The highest BCUT2D eigenvalue weighted by Gasteiger charge is 2.31. The number of nitrogens with one attached hydrogen (secondary N) is 1. The Morgan fingerprint density at radius 3 is 2.70 bits per heavy atom. The van der Waals surface area contributed by atoms with E-state index in [-0.39, 0.29) is 11.7 Å². The van der Waals surface area contributed by atoms with E-state index >= 15 is 0 Å². The summed E-state index contributed by atoms with van der Waals surface area (Å²) in [5, 5.41) is 11.1. The smallest absolute Gasteiger partial charge is 0.251 e. The summed E-state index contributed by atoms with van der Waals surface area (Å²) >= 11 is 0. The van der Waals surface area contributed by atoms with E-state index in [4.69, 9.17) is 0 Å². The minimum Gasteiger partial charge on any atom is -0.393 e. The summed E-state index contributed by atoms with van der Waals surface area (Å²) in [5.41, 5.74) is 3.13. The fourth-order valence-electron chi connectivity index (χ4n) is 4.77. The molecule has 0 saturated carbocycles. The number of H-pyrrole nitrogens is 1. The van der Waals surface area contributed by atoms with Crippen LogP contribution < -0.4 is 5.56 Å². The maximum atomic E-state index is 12.1. The molecular formula is C23H30N2O2. The molecule has 0 bridgehead atoms. The third kappa shape index (κ3) is 3.87. The van der Waals surface area contributed by atoms with Crippen molar-refractivity contribution in [1.29, 1.82) is 0 Å². The first-order valence-corrected chi connectivity index (χ1v) is 10.4. The quantitative estimate of drug-likeness (QED) is 0.806. The summed E-state index contributed by atoms with van der Waals surface area (Å²) in [7, 11) is 0. The van der Waals surface area contributed by atoms with Crippen LogP contribution in [0.5, 0.6) is 0 Å². The van der Waals surface area contributed by atoms with Crippen molar-refractivity contribution in [2.24, 2.45) is 5.92 Å². The second-order valence-corrected chi connectivity index (χ2v) is 8.08. The van der Waals surface area contributed by atoms with Crippen LogP contribution in [0.4, 0.5) is 0 Å². The average molecular weight is 367 g/mol. The summed E-state index contributed by atoms with van der Waals surface area (Å²) in [6.45, 7) is 3.93. The van der Waals surface area contributed by atoms with Gasteiger partial charge in [-0.15, -0.1) is 0 Å². The van der Waals surface area contributed by atoms with Gasteiger partial charge in [0.1, 0.15) is 0 Å². The molecule has 1 aliphatic carbocycles. The van der Waals surface area contributed by atoms with Crippen molar-refractivity contribution < 1.29 is 5.11 Å². The number of hydrogen-bond donors (Lipinski definition) is 2. The monoisotopic (exact) mass is 366 g/mol. The van der Waals surface area contributed by atoms with E-state index in [9.17, 15) is 9.90 Å². The number of aliphatic hydroxyl groups excluding tert-OH is 1. The fraction of sp³-hybridized carbons (Fsp3) is 0.522. The van der Waals surface area contributed by atoms with E-state index in [0.717, 1.165) is 61.7 Å². The van der Waals surface area contributed by atoms with Gasteiger partial charge in [-0.2, -0.15) is 0 Å². The Labute approximate surface area is 160 Å². The maximum Gasteiger partial charge on any atom is 0.251 e. The first-order valence-electron chi connectivity index (χ1n) is 10.4. The summed E-state index contributed by atoms with van der Waals surface area (Å²) in [4.78, 5) is 17.7. The van der Waals surface area contributed by atoms with E-state index in [1.165, 1.54) is 12.0 Å². The lowest BCUT2D eigenvalue weighted by atomic mass is 9.82. The molecule has 1 fully saturated rings. The zero-order chi connectivity index (χ0) is 18.8. The molecule has 1 aromatic heterocycles. The van der Waals surface area contributed by atoms with E-state index in [1.54, 1.807) is 0 Å². The highest BCUT2D eigenvalue weighted by Crippen LogP contribution is 2.38. The van der Waals surface area contributed by atoms with E-state index in [1.807, 2.05) is 6.92 Å². The second-order valence-electron chi connectivity index (χ2n) is 8.08. The van der Waals surface area contributed by atoms with Crippen molar-refractivity contribution in [3.05, 3.63) is 57.9 Å². The van der Waals surface area contributed by atoms with E-state index in [0.29, 0.717) is 12.0 Å².